The number of carbonyl (C=O) groups is 3. The average Bonchev–Trinajstić information content (AvgIpc) is 2.50. The number of hydrogen-bond donors (Lipinski definition) is 3. The lowest BCUT2D eigenvalue weighted by molar-refractivity contribution is -0.129. The van der Waals surface area contributed by atoms with E-state index in [2.05, 4.69) is 10.6 Å². The van der Waals surface area contributed by atoms with Crippen LogP contribution in [0.4, 0.5) is 4.79 Å². The highest BCUT2D eigenvalue weighted by molar-refractivity contribution is 5.87. The van der Waals surface area contributed by atoms with Crippen molar-refractivity contribution in [3.8, 4) is 0 Å². The van der Waals surface area contributed by atoms with E-state index in [0.29, 0.717) is 6.42 Å². The Labute approximate surface area is 148 Å². The molecule has 138 valence electrons. The Morgan fingerprint density at radius 1 is 1.16 bits per heavy atom. The molecule has 2 atom stereocenters. The van der Waals surface area contributed by atoms with Crippen LogP contribution in [0.2, 0.25) is 0 Å². The Bertz CT molecular complexity index is 596. The summed E-state index contributed by atoms with van der Waals surface area (Å²) in [6.45, 7) is 6.88. The van der Waals surface area contributed by atoms with Crippen molar-refractivity contribution in [1.82, 2.24) is 10.6 Å². The fourth-order valence-corrected chi connectivity index (χ4v) is 2.08. The minimum absolute atomic E-state index is 0.0844. The summed E-state index contributed by atoms with van der Waals surface area (Å²) in [6, 6.07) is 8.63. The molecule has 7 nitrogen and oxygen atoms in total. The summed E-state index contributed by atoms with van der Waals surface area (Å²) in [7, 11) is 0. The summed E-state index contributed by atoms with van der Waals surface area (Å²) in [6.07, 6.45) is -0.185. The number of amides is 3. The van der Waals surface area contributed by atoms with Crippen molar-refractivity contribution in [2.75, 3.05) is 6.54 Å². The average molecular weight is 349 g/mol. The van der Waals surface area contributed by atoms with E-state index in [9.17, 15) is 14.4 Å². The molecule has 0 aromatic heterocycles. The van der Waals surface area contributed by atoms with E-state index in [4.69, 9.17) is 10.5 Å². The van der Waals surface area contributed by atoms with Crippen molar-refractivity contribution in [1.29, 1.82) is 0 Å². The fourth-order valence-electron chi connectivity index (χ4n) is 2.08. The maximum Gasteiger partial charge on any atom is 0.407 e. The zero-order valence-electron chi connectivity index (χ0n) is 15.2. The molecule has 0 radical (unpaired) electrons. The van der Waals surface area contributed by atoms with Crippen LogP contribution in [0, 0.1) is 5.92 Å². The molecule has 0 heterocycles. The molecule has 0 aliphatic heterocycles. The Morgan fingerprint density at radius 2 is 1.76 bits per heavy atom. The third-order valence-electron chi connectivity index (χ3n) is 3.37. The highest BCUT2D eigenvalue weighted by atomic mass is 16.6. The summed E-state index contributed by atoms with van der Waals surface area (Å²) in [5, 5.41) is 5.17. The lowest BCUT2D eigenvalue weighted by Crippen LogP contribution is -2.48. The fraction of sp³-hybridized carbons (Fsp3) is 0.500. The molecule has 4 N–H and O–H groups in total. The van der Waals surface area contributed by atoms with E-state index in [1.54, 1.807) is 20.8 Å². The van der Waals surface area contributed by atoms with Crippen LogP contribution in [0.5, 0.6) is 0 Å². The van der Waals surface area contributed by atoms with Gasteiger partial charge in [-0.3, -0.25) is 9.59 Å². The Balaban J connectivity index is 2.75. The topological polar surface area (TPSA) is 111 Å². The number of carbonyl (C=O) groups excluding carboxylic acids is 3. The Hall–Kier alpha value is -2.57. The molecule has 25 heavy (non-hydrogen) atoms. The van der Waals surface area contributed by atoms with Crippen LogP contribution in [0.3, 0.4) is 0 Å². The molecular formula is C18H27N3O4. The van der Waals surface area contributed by atoms with Crippen LogP contribution < -0.4 is 16.4 Å². The van der Waals surface area contributed by atoms with Gasteiger partial charge in [0.15, 0.2) is 0 Å². The summed E-state index contributed by atoms with van der Waals surface area (Å²) < 4.78 is 5.18. The third kappa shape index (κ3) is 8.19. The highest BCUT2D eigenvalue weighted by Gasteiger charge is 2.24. The van der Waals surface area contributed by atoms with Gasteiger partial charge in [0, 0.05) is 6.54 Å². The molecule has 0 spiro atoms. The normalized spacial score (nSPS) is 13.4. The van der Waals surface area contributed by atoms with E-state index >= 15 is 0 Å². The van der Waals surface area contributed by atoms with Gasteiger partial charge >= 0.3 is 6.09 Å². The number of rotatable bonds is 7. The minimum Gasteiger partial charge on any atom is -0.444 e. The van der Waals surface area contributed by atoms with E-state index in [1.807, 2.05) is 30.3 Å². The van der Waals surface area contributed by atoms with Gasteiger partial charge in [-0.1, -0.05) is 30.3 Å². The monoisotopic (exact) mass is 349 g/mol. The first-order valence-electron chi connectivity index (χ1n) is 8.19. The van der Waals surface area contributed by atoms with Crippen LogP contribution in [-0.2, 0) is 20.7 Å². The number of alkyl carbamates (subject to hydrolysis) is 1. The van der Waals surface area contributed by atoms with Gasteiger partial charge in [-0.25, -0.2) is 4.79 Å². The lowest BCUT2D eigenvalue weighted by Gasteiger charge is -2.22. The molecule has 1 aromatic rings. The maximum absolute atomic E-state index is 12.4. The number of hydrogen-bond acceptors (Lipinski definition) is 4. The molecule has 0 saturated carbocycles. The third-order valence-corrected chi connectivity index (χ3v) is 3.37. The number of ether oxygens (including phenoxy) is 1. The minimum atomic E-state index is -0.785. The number of nitrogens with one attached hydrogen (secondary N) is 2. The quantitative estimate of drug-likeness (QED) is 0.690. The molecular weight excluding hydrogens is 322 g/mol. The summed E-state index contributed by atoms with van der Waals surface area (Å²) in [5.41, 5.74) is 5.51. The number of primary amides is 1. The van der Waals surface area contributed by atoms with E-state index in [0.717, 1.165) is 5.56 Å². The number of benzene rings is 1. The predicted octanol–water partition coefficient (Wildman–Crippen LogP) is 1.36. The molecule has 0 fully saturated rings. The molecule has 0 unspecified atom stereocenters. The molecule has 1 aromatic carbocycles. The van der Waals surface area contributed by atoms with Gasteiger partial charge in [-0.05, 0) is 39.7 Å². The van der Waals surface area contributed by atoms with Gasteiger partial charge in [0.2, 0.25) is 11.8 Å². The first-order valence-corrected chi connectivity index (χ1v) is 8.19. The van der Waals surface area contributed by atoms with Crippen molar-refractivity contribution >= 4 is 17.9 Å². The molecule has 0 bridgehead atoms. The Kier molecular flexibility index (Phi) is 7.42. The van der Waals surface area contributed by atoms with Gasteiger partial charge in [0.05, 0.1) is 5.92 Å². The second-order valence-electron chi connectivity index (χ2n) is 6.90. The highest BCUT2D eigenvalue weighted by Crippen LogP contribution is 2.10. The molecule has 0 saturated heterocycles. The van der Waals surface area contributed by atoms with Gasteiger partial charge in [-0.15, -0.1) is 0 Å². The molecule has 0 aliphatic carbocycles. The zero-order chi connectivity index (χ0) is 19.0. The van der Waals surface area contributed by atoms with Crippen LogP contribution >= 0.6 is 0 Å². The van der Waals surface area contributed by atoms with Crippen LogP contribution in [0.1, 0.15) is 33.3 Å². The van der Waals surface area contributed by atoms with Crippen LogP contribution in [-0.4, -0.2) is 36.1 Å². The van der Waals surface area contributed by atoms with Crippen molar-refractivity contribution < 1.29 is 19.1 Å². The smallest absolute Gasteiger partial charge is 0.407 e. The van der Waals surface area contributed by atoms with Crippen molar-refractivity contribution in [3.05, 3.63) is 35.9 Å². The number of nitrogens with two attached hydrogens (primary N) is 1. The second-order valence-corrected chi connectivity index (χ2v) is 6.90. The standard InChI is InChI=1S/C18H27N3O4/c1-12(15(19)22)21-16(23)14(10-13-8-6-5-7-9-13)11-20-17(24)25-18(2,3)4/h5-9,12,14H,10-11H2,1-4H3,(H2,19,22)(H,20,24)(H,21,23)/t12-,14-/m1/s1. The Morgan fingerprint density at radius 3 is 2.28 bits per heavy atom. The summed E-state index contributed by atoms with van der Waals surface area (Å²) in [5.74, 6) is -1.53. The van der Waals surface area contributed by atoms with Crippen LogP contribution in [0.25, 0.3) is 0 Å². The molecule has 7 heteroatoms. The van der Waals surface area contributed by atoms with Crippen molar-refractivity contribution in [2.45, 2.75) is 45.8 Å². The molecule has 0 aliphatic rings. The SMILES string of the molecule is C[C@@H](NC(=O)[C@@H](CNC(=O)OC(C)(C)C)Cc1ccccc1)C(N)=O. The largest absolute Gasteiger partial charge is 0.444 e. The summed E-state index contributed by atoms with van der Waals surface area (Å²) in [4.78, 5) is 35.4. The van der Waals surface area contributed by atoms with Crippen molar-refractivity contribution in [3.63, 3.8) is 0 Å². The first kappa shape index (κ1) is 20.5. The molecule has 3 amide bonds. The zero-order valence-corrected chi connectivity index (χ0v) is 15.2. The second kappa shape index (κ2) is 9.05. The van der Waals surface area contributed by atoms with Crippen LogP contribution in [0.15, 0.2) is 30.3 Å². The maximum atomic E-state index is 12.4. The van der Waals surface area contributed by atoms with E-state index < -0.39 is 29.6 Å². The van der Waals surface area contributed by atoms with Gasteiger partial charge in [0.25, 0.3) is 0 Å². The van der Waals surface area contributed by atoms with Gasteiger partial charge in [-0.2, -0.15) is 0 Å². The predicted molar refractivity (Wildman–Crippen MR) is 94.7 cm³/mol. The van der Waals surface area contributed by atoms with E-state index in [1.165, 1.54) is 6.92 Å². The molecule has 1 rings (SSSR count). The van der Waals surface area contributed by atoms with Gasteiger partial charge < -0.3 is 21.1 Å². The van der Waals surface area contributed by atoms with E-state index in [-0.39, 0.29) is 12.5 Å². The van der Waals surface area contributed by atoms with Gasteiger partial charge in [0.1, 0.15) is 11.6 Å². The lowest BCUT2D eigenvalue weighted by atomic mass is 9.98. The first-order chi connectivity index (χ1) is 11.6. The van der Waals surface area contributed by atoms with Crippen molar-refractivity contribution in [2.24, 2.45) is 11.7 Å². The summed E-state index contributed by atoms with van der Waals surface area (Å²) >= 11 is 0.